The van der Waals surface area contributed by atoms with Gasteiger partial charge in [-0.3, -0.25) is 4.79 Å². The van der Waals surface area contributed by atoms with Gasteiger partial charge in [-0.1, -0.05) is 29.8 Å². The summed E-state index contributed by atoms with van der Waals surface area (Å²) in [6, 6.07) is 12.5. The van der Waals surface area contributed by atoms with Crippen molar-refractivity contribution in [1.29, 1.82) is 0 Å². The lowest BCUT2D eigenvalue weighted by Gasteiger charge is -2.30. The van der Waals surface area contributed by atoms with Gasteiger partial charge in [-0.2, -0.15) is 0 Å². The van der Waals surface area contributed by atoms with Crippen LogP contribution >= 0.6 is 11.6 Å². The van der Waals surface area contributed by atoms with E-state index in [4.69, 9.17) is 16.3 Å². The predicted molar refractivity (Wildman–Crippen MR) is 113 cm³/mol. The Labute approximate surface area is 181 Å². The molecule has 0 radical (unpaired) electrons. The molecule has 162 valence electrons. The van der Waals surface area contributed by atoms with Gasteiger partial charge >= 0.3 is 0 Å². The molecule has 6 nitrogen and oxygen atoms in total. The molecule has 0 saturated carbocycles. The fourth-order valence-corrected chi connectivity index (χ4v) is 5.19. The first-order chi connectivity index (χ1) is 14.3. The van der Waals surface area contributed by atoms with Crippen molar-refractivity contribution >= 4 is 27.5 Å². The van der Waals surface area contributed by atoms with Crippen LogP contribution in [-0.4, -0.2) is 44.9 Å². The number of rotatable bonds is 8. The fraction of sp³-hybridized carbons (Fsp3) is 0.381. The van der Waals surface area contributed by atoms with Gasteiger partial charge < -0.3 is 10.1 Å². The Bertz CT molecular complexity index is 961. The number of benzene rings is 2. The Morgan fingerprint density at radius 1 is 1.13 bits per heavy atom. The van der Waals surface area contributed by atoms with E-state index in [1.165, 1.54) is 28.6 Å². The minimum atomic E-state index is -3.49. The molecular weight excluding hydrogens is 431 g/mol. The van der Waals surface area contributed by atoms with Crippen LogP contribution in [0.5, 0.6) is 5.75 Å². The van der Waals surface area contributed by atoms with Gasteiger partial charge in [0, 0.05) is 24.0 Å². The van der Waals surface area contributed by atoms with E-state index in [0.717, 1.165) is 0 Å². The van der Waals surface area contributed by atoms with E-state index in [-0.39, 0.29) is 30.0 Å². The van der Waals surface area contributed by atoms with E-state index in [1.54, 1.807) is 24.3 Å². The van der Waals surface area contributed by atoms with Crippen LogP contribution in [-0.2, 0) is 20.6 Å². The van der Waals surface area contributed by atoms with Crippen molar-refractivity contribution in [1.82, 2.24) is 9.62 Å². The summed E-state index contributed by atoms with van der Waals surface area (Å²) < 4.78 is 45.1. The van der Waals surface area contributed by atoms with Gasteiger partial charge in [-0.25, -0.2) is 17.1 Å². The number of piperidine rings is 1. The quantitative estimate of drug-likeness (QED) is 0.621. The standard InChI is InChI=1S/C21H24ClFN2O4S/c22-20-4-2-1-3-17(20)15-30(27,28)25-12-9-16(10-13-25)21(26)24-11-14-29-19-7-5-18(23)6-8-19/h1-8,16H,9-15H2,(H,24,26). The third-order valence-electron chi connectivity index (χ3n) is 5.00. The molecule has 0 aromatic heterocycles. The summed E-state index contributed by atoms with van der Waals surface area (Å²) in [6.45, 7) is 1.19. The number of nitrogens with one attached hydrogen (secondary N) is 1. The molecule has 1 saturated heterocycles. The molecule has 1 aliphatic heterocycles. The highest BCUT2D eigenvalue weighted by Gasteiger charge is 2.31. The molecule has 1 heterocycles. The first kappa shape index (κ1) is 22.5. The minimum absolute atomic E-state index is 0.110. The Morgan fingerprint density at radius 2 is 1.80 bits per heavy atom. The lowest BCUT2D eigenvalue weighted by atomic mass is 9.97. The molecule has 1 fully saturated rings. The Morgan fingerprint density at radius 3 is 2.47 bits per heavy atom. The highest BCUT2D eigenvalue weighted by molar-refractivity contribution is 7.88. The van der Waals surface area contributed by atoms with Crippen molar-refractivity contribution in [3.8, 4) is 5.75 Å². The van der Waals surface area contributed by atoms with E-state index in [0.29, 0.717) is 48.8 Å². The second-order valence-corrected chi connectivity index (χ2v) is 9.49. The van der Waals surface area contributed by atoms with Crippen molar-refractivity contribution in [3.05, 3.63) is 64.9 Å². The van der Waals surface area contributed by atoms with Crippen LogP contribution < -0.4 is 10.1 Å². The summed E-state index contributed by atoms with van der Waals surface area (Å²) in [5.74, 6) is -0.299. The number of carbonyl (C=O) groups is 1. The molecule has 1 aliphatic rings. The molecule has 3 rings (SSSR count). The Balaban J connectivity index is 1.41. The van der Waals surface area contributed by atoms with E-state index in [1.807, 2.05) is 0 Å². The molecular formula is C21H24ClFN2O4S. The Hall–Kier alpha value is -2.16. The maximum atomic E-state index is 12.9. The van der Waals surface area contributed by atoms with Crippen molar-refractivity contribution in [2.45, 2.75) is 18.6 Å². The number of ether oxygens (including phenoxy) is 1. The van der Waals surface area contributed by atoms with Gasteiger partial charge in [0.05, 0.1) is 12.3 Å². The second kappa shape index (κ2) is 10.2. The number of halogens is 2. The molecule has 0 bridgehead atoms. The maximum absolute atomic E-state index is 12.9. The highest BCUT2D eigenvalue weighted by Crippen LogP contribution is 2.24. The molecule has 1 amide bonds. The van der Waals surface area contributed by atoms with Crippen LogP contribution in [0.25, 0.3) is 0 Å². The lowest BCUT2D eigenvalue weighted by Crippen LogP contribution is -2.43. The normalized spacial score (nSPS) is 15.7. The highest BCUT2D eigenvalue weighted by atomic mass is 35.5. The molecule has 30 heavy (non-hydrogen) atoms. The molecule has 9 heteroatoms. The average molecular weight is 455 g/mol. The monoisotopic (exact) mass is 454 g/mol. The van der Waals surface area contributed by atoms with E-state index in [9.17, 15) is 17.6 Å². The van der Waals surface area contributed by atoms with Crippen molar-refractivity contribution < 1.29 is 22.3 Å². The van der Waals surface area contributed by atoms with Crippen LogP contribution in [0, 0.1) is 11.7 Å². The summed E-state index contributed by atoms with van der Waals surface area (Å²) in [4.78, 5) is 12.3. The van der Waals surface area contributed by atoms with Gasteiger partial charge in [-0.15, -0.1) is 0 Å². The number of nitrogens with zero attached hydrogens (tertiary/aromatic N) is 1. The van der Waals surface area contributed by atoms with Gasteiger partial charge in [0.15, 0.2) is 0 Å². The number of sulfonamides is 1. The summed E-state index contributed by atoms with van der Waals surface area (Å²) in [6.07, 6.45) is 0.929. The zero-order chi connectivity index (χ0) is 21.6. The molecule has 2 aromatic rings. The number of amides is 1. The van der Waals surface area contributed by atoms with E-state index >= 15 is 0 Å². The minimum Gasteiger partial charge on any atom is -0.492 e. The largest absolute Gasteiger partial charge is 0.492 e. The zero-order valence-corrected chi connectivity index (χ0v) is 18.0. The molecule has 2 aromatic carbocycles. The third-order valence-corrected chi connectivity index (χ3v) is 7.19. The smallest absolute Gasteiger partial charge is 0.223 e. The van der Waals surface area contributed by atoms with Crippen molar-refractivity contribution in [2.75, 3.05) is 26.2 Å². The summed E-state index contributed by atoms with van der Waals surface area (Å²) >= 11 is 6.08. The summed E-state index contributed by atoms with van der Waals surface area (Å²) in [5.41, 5.74) is 0.570. The summed E-state index contributed by atoms with van der Waals surface area (Å²) in [7, 11) is -3.49. The van der Waals surface area contributed by atoms with Crippen LogP contribution in [0.2, 0.25) is 5.02 Å². The van der Waals surface area contributed by atoms with Crippen LogP contribution in [0.3, 0.4) is 0 Å². The first-order valence-corrected chi connectivity index (χ1v) is 11.7. The zero-order valence-electron chi connectivity index (χ0n) is 16.4. The van der Waals surface area contributed by atoms with Crippen molar-refractivity contribution in [3.63, 3.8) is 0 Å². The molecule has 1 N–H and O–H groups in total. The molecule has 0 unspecified atom stereocenters. The number of carbonyl (C=O) groups excluding carboxylic acids is 1. The second-order valence-electron chi connectivity index (χ2n) is 7.11. The van der Waals surface area contributed by atoms with Gasteiger partial charge in [0.1, 0.15) is 18.2 Å². The number of hydrogen-bond acceptors (Lipinski definition) is 4. The first-order valence-electron chi connectivity index (χ1n) is 9.72. The maximum Gasteiger partial charge on any atom is 0.223 e. The van der Waals surface area contributed by atoms with Crippen LogP contribution in [0.15, 0.2) is 48.5 Å². The fourth-order valence-electron chi connectivity index (χ4n) is 3.32. The van der Waals surface area contributed by atoms with E-state index < -0.39 is 10.0 Å². The van der Waals surface area contributed by atoms with Crippen molar-refractivity contribution in [2.24, 2.45) is 5.92 Å². The van der Waals surface area contributed by atoms with Crippen LogP contribution in [0.1, 0.15) is 18.4 Å². The topological polar surface area (TPSA) is 75.7 Å². The average Bonchev–Trinajstić information content (AvgIpc) is 2.74. The number of hydrogen-bond donors (Lipinski definition) is 1. The van der Waals surface area contributed by atoms with Crippen LogP contribution in [0.4, 0.5) is 4.39 Å². The Kier molecular flexibility index (Phi) is 7.69. The lowest BCUT2D eigenvalue weighted by molar-refractivity contribution is -0.126. The predicted octanol–water partition coefficient (Wildman–Crippen LogP) is 3.22. The summed E-state index contributed by atoms with van der Waals surface area (Å²) in [5, 5.41) is 3.24. The SMILES string of the molecule is O=C(NCCOc1ccc(F)cc1)C1CCN(S(=O)(=O)Cc2ccccc2Cl)CC1. The van der Waals surface area contributed by atoms with Gasteiger partial charge in [-0.05, 0) is 48.7 Å². The molecule has 0 spiro atoms. The molecule has 0 atom stereocenters. The van der Waals surface area contributed by atoms with Gasteiger partial charge in [0.2, 0.25) is 15.9 Å². The van der Waals surface area contributed by atoms with E-state index in [2.05, 4.69) is 5.32 Å². The third kappa shape index (κ3) is 6.17. The van der Waals surface area contributed by atoms with Gasteiger partial charge in [0.25, 0.3) is 0 Å². The molecule has 0 aliphatic carbocycles.